The van der Waals surface area contributed by atoms with E-state index in [1.165, 1.54) is 23.7 Å². The summed E-state index contributed by atoms with van der Waals surface area (Å²) in [4.78, 5) is 21.3. The lowest BCUT2D eigenvalue weighted by Crippen LogP contribution is -2.40. The van der Waals surface area contributed by atoms with Gasteiger partial charge in [0.25, 0.3) is 5.91 Å². The number of thioether (sulfide) groups is 1. The van der Waals surface area contributed by atoms with Gasteiger partial charge in [-0.05, 0) is 67.9 Å². The van der Waals surface area contributed by atoms with E-state index < -0.39 is 0 Å². The number of carbonyl (C=O) groups is 1. The predicted molar refractivity (Wildman–Crippen MR) is 161 cm³/mol. The fourth-order valence-corrected chi connectivity index (χ4v) is 6.36. The molecular formula is C31H30Cl2N2O3S. The second kappa shape index (κ2) is 12.5. The normalized spacial score (nSPS) is 18.3. The molecule has 1 heterocycles. The van der Waals surface area contributed by atoms with Crippen LogP contribution in [0.25, 0.3) is 6.08 Å². The number of hydrogen-bond donors (Lipinski definition) is 0. The van der Waals surface area contributed by atoms with Crippen molar-refractivity contribution in [1.82, 2.24) is 4.90 Å². The number of hydrogen-bond acceptors (Lipinski definition) is 5. The van der Waals surface area contributed by atoms with Crippen LogP contribution >= 0.6 is 35.0 Å². The van der Waals surface area contributed by atoms with Crippen molar-refractivity contribution in [3.8, 4) is 11.5 Å². The first-order chi connectivity index (χ1) is 18.9. The zero-order valence-corrected chi connectivity index (χ0v) is 24.3. The smallest absolute Gasteiger partial charge is 0.267 e. The van der Waals surface area contributed by atoms with Crippen molar-refractivity contribution in [3.05, 3.63) is 92.3 Å². The van der Waals surface area contributed by atoms with Crippen LogP contribution in [0, 0.1) is 6.92 Å². The summed E-state index contributed by atoms with van der Waals surface area (Å²) in [5.41, 5.74) is 3.55. The Balaban J connectivity index is 1.48. The molecule has 0 atom stereocenters. The van der Waals surface area contributed by atoms with Gasteiger partial charge < -0.3 is 9.47 Å². The highest BCUT2D eigenvalue weighted by molar-refractivity contribution is 8.18. The third-order valence-electron chi connectivity index (χ3n) is 6.94. The maximum atomic E-state index is 13.8. The zero-order chi connectivity index (χ0) is 27.4. The predicted octanol–water partition coefficient (Wildman–Crippen LogP) is 8.83. The minimum Gasteiger partial charge on any atom is -0.493 e. The Morgan fingerprint density at radius 3 is 2.54 bits per heavy atom. The van der Waals surface area contributed by atoms with E-state index in [-0.39, 0.29) is 18.6 Å². The molecule has 2 aliphatic rings. The molecule has 1 saturated heterocycles. The van der Waals surface area contributed by atoms with Gasteiger partial charge in [0, 0.05) is 27.2 Å². The highest BCUT2D eigenvalue weighted by Crippen LogP contribution is 2.41. The number of amidine groups is 1. The van der Waals surface area contributed by atoms with Gasteiger partial charge >= 0.3 is 0 Å². The highest BCUT2D eigenvalue weighted by atomic mass is 35.5. The molecule has 0 aromatic heterocycles. The van der Waals surface area contributed by atoms with E-state index in [0.29, 0.717) is 26.4 Å². The number of benzene rings is 3. The molecule has 3 aromatic carbocycles. The van der Waals surface area contributed by atoms with Crippen LogP contribution in [-0.4, -0.2) is 29.1 Å². The van der Waals surface area contributed by atoms with Gasteiger partial charge in [-0.1, -0.05) is 78.4 Å². The van der Waals surface area contributed by atoms with E-state index in [2.05, 4.69) is 6.92 Å². The molecule has 1 aliphatic heterocycles. The van der Waals surface area contributed by atoms with E-state index in [1.807, 2.05) is 59.5 Å². The number of aliphatic imine (C=N–C) groups is 1. The van der Waals surface area contributed by atoms with Crippen LogP contribution in [0.15, 0.2) is 70.6 Å². The maximum Gasteiger partial charge on any atom is 0.267 e. The molecule has 1 amide bonds. The molecule has 1 saturated carbocycles. The first-order valence-electron chi connectivity index (χ1n) is 13.0. The Bertz CT molecular complexity index is 1420. The first-order valence-corrected chi connectivity index (χ1v) is 14.6. The minimum absolute atomic E-state index is 0.0210. The van der Waals surface area contributed by atoms with Crippen LogP contribution in [0.3, 0.4) is 0 Å². The topological polar surface area (TPSA) is 51.1 Å². The number of rotatable bonds is 7. The van der Waals surface area contributed by atoms with Gasteiger partial charge in [-0.3, -0.25) is 9.69 Å². The van der Waals surface area contributed by atoms with E-state index >= 15 is 0 Å². The van der Waals surface area contributed by atoms with Crippen molar-refractivity contribution in [2.45, 2.75) is 51.7 Å². The van der Waals surface area contributed by atoms with E-state index in [4.69, 9.17) is 37.7 Å². The van der Waals surface area contributed by atoms with E-state index in [9.17, 15) is 4.79 Å². The molecular weight excluding hydrogens is 551 g/mol. The summed E-state index contributed by atoms with van der Waals surface area (Å²) in [6.07, 6.45) is 7.31. The molecule has 5 rings (SSSR count). The molecule has 3 aromatic rings. The Hall–Kier alpha value is -2.93. The van der Waals surface area contributed by atoms with Crippen molar-refractivity contribution < 1.29 is 14.3 Å². The summed E-state index contributed by atoms with van der Waals surface area (Å²) in [6.45, 7) is 2.27. The average molecular weight is 582 g/mol. The molecule has 39 heavy (non-hydrogen) atoms. The third-order valence-corrected chi connectivity index (χ3v) is 8.51. The Morgan fingerprint density at radius 2 is 1.82 bits per heavy atom. The van der Waals surface area contributed by atoms with Crippen molar-refractivity contribution in [3.63, 3.8) is 0 Å². The number of methoxy groups -OCH3 is 1. The molecule has 0 spiro atoms. The monoisotopic (exact) mass is 580 g/mol. The number of carbonyl (C=O) groups excluding carboxylic acids is 1. The van der Waals surface area contributed by atoms with Crippen molar-refractivity contribution in [2.75, 3.05) is 7.11 Å². The number of para-hydroxylation sites is 1. The van der Waals surface area contributed by atoms with E-state index in [1.54, 1.807) is 19.2 Å². The lowest BCUT2D eigenvalue weighted by Gasteiger charge is -2.30. The molecule has 8 heteroatoms. The summed E-state index contributed by atoms with van der Waals surface area (Å²) >= 11 is 13.8. The standard InChI is InChI=1S/C31H30Cl2N2O3S/c1-20-11-15-24(16-12-20)34-31-35(25-8-4-3-5-9-25)30(36)28(39-31)17-21-7-6-10-27(37-2)29(21)38-19-22-13-14-23(32)18-26(22)33/h6-7,10-18,25H,3-5,8-9,19H2,1-2H3/b28-17+,34-31?. The second-order valence-electron chi connectivity index (χ2n) is 9.71. The largest absolute Gasteiger partial charge is 0.493 e. The van der Waals surface area contributed by atoms with Crippen LogP contribution in [0.2, 0.25) is 10.0 Å². The highest BCUT2D eigenvalue weighted by Gasteiger charge is 2.39. The lowest BCUT2D eigenvalue weighted by molar-refractivity contribution is -0.124. The van der Waals surface area contributed by atoms with Crippen LogP contribution in [0.1, 0.15) is 48.8 Å². The van der Waals surface area contributed by atoms with Crippen LogP contribution in [0.5, 0.6) is 11.5 Å². The van der Waals surface area contributed by atoms with Crippen LogP contribution < -0.4 is 9.47 Å². The van der Waals surface area contributed by atoms with Crippen LogP contribution in [0.4, 0.5) is 5.69 Å². The Labute approximate surface area is 243 Å². The van der Waals surface area contributed by atoms with Crippen molar-refractivity contribution in [2.24, 2.45) is 4.99 Å². The average Bonchev–Trinajstić information content (AvgIpc) is 3.24. The van der Waals surface area contributed by atoms with Gasteiger partial charge in [0.2, 0.25) is 0 Å². The number of amides is 1. The molecule has 202 valence electrons. The fourth-order valence-electron chi connectivity index (χ4n) is 4.85. The van der Waals surface area contributed by atoms with Gasteiger partial charge in [0.05, 0.1) is 17.7 Å². The zero-order valence-electron chi connectivity index (χ0n) is 22.0. The van der Waals surface area contributed by atoms with Gasteiger partial charge in [-0.25, -0.2) is 4.99 Å². The first kappa shape index (κ1) is 27.6. The molecule has 2 fully saturated rings. The molecule has 5 nitrogen and oxygen atoms in total. The van der Waals surface area contributed by atoms with E-state index in [0.717, 1.165) is 47.7 Å². The number of nitrogens with zero attached hydrogens (tertiary/aromatic N) is 2. The Morgan fingerprint density at radius 1 is 1.05 bits per heavy atom. The quantitative estimate of drug-likeness (QED) is 0.262. The van der Waals surface area contributed by atoms with Gasteiger partial charge in [-0.2, -0.15) is 0 Å². The fraction of sp³-hybridized carbons (Fsp3) is 0.290. The summed E-state index contributed by atoms with van der Waals surface area (Å²) in [5, 5.41) is 1.81. The van der Waals surface area contributed by atoms with Gasteiger partial charge in [0.15, 0.2) is 16.7 Å². The summed E-state index contributed by atoms with van der Waals surface area (Å²) in [7, 11) is 1.60. The number of ether oxygens (including phenoxy) is 2. The Kier molecular flexibility index (Phi) is 8.85. The summed E-state index contributed by atoms with van der Waals surface area (Å²) in [5.74, 6) is 1.09. The molecule has 1 aliphatic carbocycles. The van der Waals surface area contributed by atoms with Crippen molar-refractivity contribution in [1.29, 1.82) is 0 Å². The van der Waals surface area contributed by atoms with Crippen molar-refractivity contribution >= 4 is 57.8 Å². The molecule has 0 unspecified atom stereocenters. The lowest BCUT2D eigenvalue weighted by atomic mass is 9.94. The summed E-state index contributed by atoms with van der Waals surface area (Å²) in [6, 6.07) is 19.2. The SMILES string of the molecule is COc1cccc(/C=C2/SC(=Nc3ccc(C)cc3)N(C3CCCCC3)C2=O)c1OCc1ccc(Cl)cc1Cl. The molecule has 0 N–H and O–H groups in total. The third kappa shape index (κ3) is 6.46. The number of halogens is 2. The van der Waals surface area contributed by atoms with Crippen LogP contribution in [-0.2, 0) is 11.4 Å². The summed E-state index contributed by atoms with van der Waals surface area (Å²) < 4.78 is 11.8. The molecule has 0 bridgehead atoms. The maximum absolute atomic E-state index is 13.8. The van der Waals surface area contributed by atoms with Gasteiger partial charge in [-0.15, -0.1) is 0 Å². The minimum atomic E-state index is -0.0210. The molecule has 0 radical (unpaired) electrons. The van der Waals surface area contributed by atoms with Gasteiger partial charge in [0.1, 0.15) is 6.61 Å². The number of aryl methyl sites for hydroxylation is 1. The second-order valence-corrected chi connectivity index (χ2v) is 11.6.